The molecule has 1 aliphatic heterocycles. The van der Waals surface area contributed by atoms with Crippen LogP contribution in [0.4, 0.5) is 10.1 Å². The van der Waals surface area contributed by atoms with Gasteiger partial charge in [0, 0.05) is 6.42 Å². The van der Waals surface area contributed by atoms with E-state index >= 15 is 0 Å². The second kappa shape index (κ2) is 3.33. The summed E-state index contributed by atoms with van der Waals surface area (Å²) in [5.41, 5.74) is 0.818. The van der Waals surface area contributed by atoms with Crippen molar-refractivity contribution in [3.8, 4) is 6.07 Å². The topological polar surface area (TPSA) is 73.1 Å². The Labute approximate surface area is 84.9 Å². The number of amides is 1. The molecule has 1 aliphatic rings. The molecule has 0 bridgehead atoms. The maximum absolute atomic E-state index is 13.0. The first kappa shape index (κ1) is 9.62. The molecule has 1 amide bonds. The number of carbonyl (C=O) groups is 1. The smallest absolute Gasteiger partial charge is 0.253 e. The van der Waals surface area contributed by atoms with E-state index in [0.717, 1.165) is 6.07 Å². The molecule has 4 nitrogen and oxygen atoms in total. The van der Waals surface area contributed by atoms with Crippen molar-refractivity contribution in [2.24, 2.45) is 0 Å². The summed E-state index contributed by atoms with van der Waals surface area (Å²) in [6.45, 7) is 0. The van der Waals surface area contributed by atoms with E-state index in [1.165, 1.54) is 6.07 Å². The van der Waals surface area contributed by atoms with Crippen LogP contribution in [0.3, 0.4) is 0 Å². The minimum absolute atomic E-state index is 0.0353. The van der Waals surface area contributed by atoms with Gasteiger partial charge in [-0.1, -0.05) is 0 Å². The fourth-order valence-corrected chi connectivity index (χ4v) is 1.57. The highest BCUT2D eigenvalue weighted by Crippen LogP contribution is 2.27. The van der Waals surface area contributed by atoms with Crippen molar-refractivity contribution < 1.29 is 14.3 Å². The molecule has 0 aliphatic carbocycles. The van der Waals surface area contributed by atoms with Gasteiger partial charge in [0.05, 0.1) is 11.3 Å². The average Bonchev–Trinajstić information content (AvgIpc) is 2.19. The number of hydrogen-bond acceptors (Lipinski definition) is 3. The van der Waals surface area contributed by atoms with Crippen LogP contribution in [0, 0.1) is 17.1 Å². The van der Waals surface area contributed by atoms with Gasteiger partial charge in [-0.15, -0.1) is 0 Å². The van der Waals surface area contributed by atoms with Crippen molar-refractivity contribution in [1.29, 1.82) is 5.26 Å². The van der Waals surface area contributed by atoms with E-state index in [2.05, 4.69) is 5.32 Å². The summed E-state index contributed by atoms with van der Waals surface area (Å²) in [5, 5.41) is 20.4. The number of benzene rings is 1. The zero-order valence-corrected chi connectivity index (χ0v) is 7.62. The summed E-state index contributed by atoms with van der Waals surface area (Å²) >= 11 is 0. The van der Waals surface area contributed by atoms with Gasteiger partial charge in [-0.3, -0.25) is 4.79 Å². The summed E-state index contributed by atoms with van der Waals surface area (Å²) in [7, 11) is 0. The number of nitrogens with zero attached hydrogens (tertiary/aromatic N) is 1. The Balaban J connectivity index is 2.58. The molecule has 0 fully saturated rings. The molecule has 76 valence electrons. The second-order valence-corrected chi connectivity index (χ2v) is 3.31. The van der Waals surface area contributed by atoms with Gasteiger partial charge in [0.15, 0.2) is 0 Å². The minimum Gasteiger partial charge on any atom is -0.383 e. The predicted octanol–water partition coefficient (Wildman–Crippen LogP) is 0.553. The summed E-state index contributed by atoms with van der Waals surface area (Å²) in [6, 6.07) is 4.05. The van der Waals surface area contributed by atoms with Crippen LogP contribution in [0.25, 0.3) is 0 Å². The monoisotopic (exact) mass is 206 g/mol. The van der Waals surface area contributed by atoms with Crippen molar-refractivity contribution in [3.05, 3.63) is 29.1 Å². The van der Waals surface area contributed by atoms with Gasteiger partial charge in [0.25, 0.3) is 5.91 Å². The molecule has 15 heavy (non-hydrogen) atoms. The quantitative estimate of drug-likeness (QED) is 0.651. The Kier molecular flexibility index (Phi) is 2.14. The molecule has 5 heteroatoms. The molecule has 2 N–H and O–H groups in total. The molecule has 0 aromatic heterocycles. The van der Waals surface area contributed by atoms with E-state index in [1.54, 1.807) is 6.07 Å². The van der Waals surface area contributed by atoms with Crippen LogP contribution in [0.1, 0.15) is 11.1 Å². The van der Waals surface area contributed by atoms with Crippen LogP contribution in [-0.4, -0.2) is 17.1 Å². The first-order valence-corrected chi connectivity index (χ1v) is 4.33. The first-order valence-electron chi connectivity index (χ1n) is 4.33. The molecule has 0 saturated carbocycles. The Morgan fingerprint density at radius 3 is 3.00 bits per heavy atom. The standard InChI is InChI=1S/C10H7FN2O2/c11-7-1-5-3-8(14)10(15)13-9(5)6(2-7)4-12/h1-2,8,14H,3H2,(H,13,15). The molecule has 1 aromatic rings. The van der Waals surface area contributed by atoms with E-state index in [0.29, 0.717) is 11.3 Å². The molecule has 2 rings (SSSR count). The number of rotatable bonds is 0. The third-order valence-electron chi connectivity index (χ3n) is 2.27. The number of anilines is 1. The lowest BCUT2D eigenvalue weighted by atomic mass is 9.97. The fraction of sp³-hybridized carbons (Fsp3) is 0.200. The van der Waals surface area contributed by atoms with E-state index in [1.807, 2.05) is 0 Å². The highest BCUT2D eigenvalue weighted by Gasteiger charge is 2.26. The SMILES string of the molecule is N#Cc1cc(F)cc2c1NC(=O)C(O)C2. The lowest BCUT2D eigenvalue weighted by molar-refractivity contribution is -0.124. The van der Waals surface area contributed by atoms with Gasteiger partial charge in [0.2, 0.25) is 0 Å². The number of halogens is 1. The normalized spacial score (nSPS) is 19.0. The largest absolute Gasteiger partial charge is 0.383 e. The maximum Gasteiger partial charge on any atom is 0.253 e. The zero-order valence-electron chi connectivity index (χ0n) is 7.62. The number of nitriles is 1. The lowest BCUT2D eigenvalue weighted by Gasteiger charge is -2.21. The Morgan fingerprint density at radius 2 is 2.33 bits per heavy atom. The van der Waals surface area contributed by atoms with Gasteiger partial charge in [0.1, 0.15) is 18.0 Å². The third kappa shape index (κ3) is 1.55. The van der Waals surface area contributed by atoms with Gasteiger partial charge in [-0.05, 0) is 17.7 Å². The summed E-state index contributed by atoms with van der Waals surface area (Å²) in [6.07, 6.45) is -1.14. The Morgan fingerprint density at radius 1 is 1.60 bits per heavy atom. The van der Waals surface area contributed by atoms with Crippen molar-refractivity contribution in [3.63, 3.8) is 0 Å². The molecule has 0 spiro atoms. The van der Waals surface area contributed by atoms with Crippen LogP contribution in [0.2, 0.25) is 0 Å². The molecule has 0 radical (unpaired) electrons. The summed E-state index contributed by atoms with van der Waals surface area (Å²) in [4.78, 5) is 11.1. The minimum atomic E-state index is -1.18. The van der Waals surface area contributed by atoms with E-state index in [4.69, 9.17) is 5.26 Å². The highest BCUT2D eigenvalue weighted by atomic mass is 19.1. The van der Waals surface area contributed by atoms with Gasteiger partial charge in [-0.2, -0.15) is 5.26 Å². The molecular formula is C10H7FN2O2. The highest BCUT2D eigenvalue weighted by molar-refractivity contribution is 5.98. The Hall–Kier alpha value is -1.93. The average molecular weight is 206 g/mol. The van der Waals surface area contributed by atoms with Crippen LogP contribution in [-0.2, 0) is 11.2 Å². The molecule has 1 unspecified atom stereocenters. The van der Waals surface area contributed by atoms with E-state index < -0.39 is 17.8 Å². The van der Waals surface area contributed by atoms with E-state index in [-0.39, 0.29) is 12.0 Å². The zero-order chi connectivity index (χ0) is 11.0. The number of hydrogen-bond donors (Lipinski definition) is 2. The number of nitrogens with one attached hydrogen (secondary N) is 1. The number of aliphatic hydroxyl groups is 1. The van der Waals surface area contributed by atoms with Crippen molar-refractivity contribution in [2.45, 2.75) is 12.5 Å². The number of carbonyl (C=O) groups excluding carboxylic acids is 1. The number of fused-ring (bicyclic) bond motifs is 1. The summed E-state index contributed by atoms with van der Waals surface area (Å²) in [5.74, 6) is -1.11. The van der Waals surface area contributed by atoms with Gasteiger partial charge < -0.3 is 10.4 Å². The van der Waals surface area contributed by atoms with Crippen molar-refractivity contribution in [1.82, 2.24) is 0 Å². The summed E-state index contributed by atoms with van der Waals surface area (Å²) < 4.78 is 13.0. The van der Waals surface area contributed by atoms with Crippen molar-refractivity contribution in [2.75, 3.05) is 5.32 Å². The van der Waals surface area contributed by atoms with E-state index in [9.17, 15) is 14.3 Å². The third-order valence-corrected chi connectivity index (χ3v) is 2.27. The maximum atomic E-state index is 13.0. The molecule has 1 atom stereocenters. The molecule has 1 heterocycles. The lowest BCUT2D eigenvalue weighted by Crippen LogP contribution is -2.34. The Bertz CT molecular complexity index is 479. The van der Waals surface area contributed by atoms with Crippen LogP contribution in [0.15, 0.2) is 12.1 Å². The van der Waals surface area contributed by atoms with Crippen molar-refractivity contribution >= 4 is 11.6 Å². The first-order chi connectivity index (χ1) is 7.11. The van der Waals surface area contributed by atoms with Gasteiger partial charge >= 0.3 is 0 Å². The number of aliphatic hydroxyl groups excluding tert-OH is 1. The predicted molar refractivity (Wildman–Crippen MR) is 49.5 cm³/mol. The molecule has 1 aromatic carbocycles. The van der Waals surface area contributed by atoms with Gasteiger partial charge in [-0.25, -0.2) is 4.39 Å². The second-order valence-electron chi connectivity index (χ2n) is 3.31. The van der Waals surface area contributed by atoms with Crippen LogP contribution in [0.5, 0.6) is 0 Å². The fourth-order valence-electron chi connectivity index (χ4n) is 1.57. The molecule has 0 saturated heterocycles. The molecular weight excluding hydrogens is 199 g/mol. The van der Waals surface area contributed by atoms with Crippen LogP contribution >= 0.6 is 0 Å². The van der Waals surface area contributed by atoms with Crippen LogP contribution < -0.4 is 5.32 Å².